The van der Waals surface area contributed by atoms with Crippen LogP contribution in [0.1, 0.15) is 32.6 Å². The summed E-state index contributed by atoms with van der Waals surface area (Å²) in [5.41, 5.74) is 2.71. The number of rotatable bonds is 5. The molecule has 0 saturated carbocycles. The molecule has 158 valence electrons. The Kier molecular flexibility index (Phi) is 6.24. The molecule has 0 radical (unpaired) electrons. The molecule has 4 N–H and O–H groups in total. The summed E-state index contributed by atoms with van der Waals surface area (Å²) in [5, 5.41) is 14.3. The molecule has 2 heterocycles. The van der Waals surface area contributed by atoms with Crippen LogP contribution in [-0.2, 0) is 4.79 Å². The van der Waals surface area contributed by atoms with Crippen molar-refractivity contribution in [2.24, 2.45) is 16.2 Å². The summed E-state index contributed by atoms with van der Waals surface area (Å²) >= 11 is 1.70. The lowest BCUT2D eigenvalue weighted by Gasteiger charge is -2.41. The Morgan fingerprint density at radius 2 is 2.23 bits per heavy atom. The number of allylic oxidation sites excluding steroid dienone is 5. The van der Waals surface area contributed by atoms with Gasteiger partial charge in [-0.25, -0.2) is 0 Å². The summed E-state index contributed by atoms with van der Waals surface area (Å²) in [6.45, 7) is 2.19. The highest BCUT2D eigenvalue weighted by molar-refractivity contribution is 7.99. The summed E-state index contributed by atoms with van der Waals surface area (Å²) in [5.74, 6) is 6.22. The summed E-state index contributed by atoms with van der Waals surface area (Å²) in [6.07, 6.45) is 17.8. The number of aromatic nitrogens is 1. The summed E-state index contributed by atoms with van der Waals surface area (Å²) in [4.78, 5) is 13.1. The van der Waals surface area contributed by atoms with E-state index in [9.17, 15) is 4.79 Å². The van der Waals surface area contributed by atoms with Gasteiger partial charge < -0.3 is 15.7 Å². The van der Waals surface area contributed by atoms with Gasteiger partial charge in [0.05, 0.1) is 11.7 Å². The number of amides is 1. The Balaban J connectivity index is 1.46. The van der Waals surface area contributed by atoms with Gasteiger partial charge >= 0.3 is 0 Å². The molecule has 4 rings (SSSR count). The van der Waals surface area contributed by atoms with Gasteiger partial charge in [-0.15, -0.1) is 16.9 Å². The Morgan fingerprint density at radius 3 is 3.03 bits per heavy atom. The van der Waals surface area contributed by atoms with E-state index in [1.165, 1.54) is 5.57 Å². The van der Waals surface area contributed by atoms with Crippen LogP contribution in [0.15, 0.2) is 76.4 Å². The van der Waals surface area contributed by atoms with Gasteiger partial charge in [-0.2, -0.15) is 0 Å². The first-order chi connectivity index (χ1) is 14.6. The molecule has 7 nitrogen and oxygen atoms in total. The molecule has 30 heavy (non-hydrogen) atoms. The fourth-order valence-electron chi connectivity index (χ4n) is 4.20. The number of carbonyl (C=O) groups excluding carboxylic acids is 1. The zero-order chi connectivity index (χ0) is 21.0. The normalized spacial score (nSPS) is 29.3. The monoisotopic (exact) mass is 424 g/mol. The van der Waals surface area contributed by atoms with Crippen molar-refractivity contribution in [1.29, 1.82) is 0 Å². The number of hydrogen-bond acceptors (Lipinski definition) is 5. The molecule has 1 saturated heterocycles. The summed E-state index contributed by atoms with van der Waals surface area (Å²) in [6, 6.07) is 3.91. The molecule has 0 spiro atoms. The van der Waals surface area contributed by atoms with Gasteiger partial charge in [-0.1, -0.05) is 29.5 Å². The molecule has 0 bridgehead atoms. The topological polar surface area (TPSA) is 96.8 Å². The first-order valence-electron chi connectivity index (χ1n) is 10.3. The predicted octanol–water partition coefficient (Wildman–Crippen LogP) is 3.52. The minimum absolute atomic E-state index is 0.00562. The van der Waals surface area contributed by atoms with E-state index in [1.807, 2.05) is 41.2 Å². The molecular formula is C22H28N6OS. The minimum Gasteiger partial charge on any atom is -0.346 e. The van der Waals surface area contributed by atoms with E-state index in [0.29, 0.717) is 0 Å². The maximum absolute atomic E-state index is 13.1. The average molecular weight is 425 g/mol. The Morgan fingerprint density at radius 1 is 1.40 bits per heavy atom. The third-order valence-corrected chi connectivity index (χ3v) is 6.87. The second kappa shape index (κ2) is 9.06. The van der Waals surface area contributed by atoms with Gasteiger partial charge in [0, 0.05) is 23.5 Å². The SMILES string of the molecule is CC1(C2=CC=CC(NC(=O)C3=C(n4cccc4)C=CCC3)C2)CCSC(N=NN)N1. The smallest absolute Gasteiger partial charge is 0.249 e. The summed E-state index contributed by atoms with van der Waals surface area (Å²) in [7, 11) is 0. The molecule has 1 aliphatic heterocycles. The highest BCUT2D eigenvalue weighted by Crippen LogP contribution is 2.35. The van der Waals surface area contributed by atoms with E-state index < -0.39 is 0 Å². The lowest BCUT2D eigenvalue weighted by molar-refractivity contribution is -0.118. The predicted molar refractivity (Wildman–Crippen MR) is 121 cm³/mol. The minimum atomic E-state index is -0.193. The van der Waals surface area contributed by atoms with Crippen molar-refractivity contribution >= 4 is 23.4 Å². The van der Waals surface area contributed by atoms with Gasteiger partial charge in [0.2, 0.25) is 5.91 Å². The molecule has 2 aliphatic carbocycles. The molecule has 1 fully saturated rings. The Labute approximate surface area is 181 Å². The van der Waals surface area contributed by atoms with Crippen LogP contribution in [0.5, 0.6) is 0 Å². The molecular weight excluding hydrogens is 396 g/mol. The van der Waals surface area contributed by atoms with Crippen molar-refractivity contribution in [2.75, 3.05) is 5.75 Å². The fraction of sp³-hybridized carbons (Fsp3) is 0.409. The van der Waals surface area contributed by atoms with Crippen LogP contribution in [0.25, 0.3) is 5.70 Å². The largest absolute Gasteiger partial charge is 0.346 e. The van der Waals surface area contributed by atoms with Crippen LogP contribution in [0.3, 0.4) is 0 Å². The van der Waals surface area contributed by atoms with Gasteiger partial charge in [0.25, 0.3) is 0 Å². The number of nitrogens with one attached hydrogen (secondary N) is 2. The molecule has 1 aromatic rings. The highest BCUT2D eigenvalue weighted by Gasteiger charge is 2.36. The highest BCUT2D eigenvalue weighted by atomic mass is 32.2. The van der Waals surface area contributed by atoms with E-state index in [1.54, 1.807) is 11.8 Å². The molecule has 3 atom stereocenters. The zero-order valence-electron chi connectivity index (χ0n) is 17.1. The van der Waals surface area contributed by atoms with Crippen LogP contribution >= 0.6 is 11.8 Å². The maximum atomic E-state index is 13.1. The number of hydrogen-bond donors (Lipinski definition) is 3. The van der Waals surface area contributed by atoms with Gasteiger partial charge in [0.1, 0.15) is 0 Å². The van der Waals surface area contributed by atoms with Crippen LogP contribution < -0.4 is 16.5 Å². The van der Waals surface area contributed by atoms with E-state index in [-0.39, 0.29) is 23.0 Å². The zero-order valence-corrected chi connectivity index (χ0v) is 17.9. The average Bonchev–Trinajstić information content (AvgIpc) is 3.29. The number of carbonyl (C=O) groups is 1. The van der Waals surface area contributed by atoms with Crippen molar-refractivity contribution in [2.45, 2.75) is 49.7 Å². The first kappa shape index (κ1) is 20.7. The standard InChI is InChI=1S/C22H28N6OS/c1-22(11-14-30-21(25-22)26-27-23)16-7-6-8-17(15-16)24-20(29)18-9-2-3-10-19(18)28-12-4-5-13-28/h3-8,10,12-13,17,21,25H,2,9,11,14-15H2,1H3,(H2,23,26)(H,24,29). The second-order valence-corrected chi connectivity index (χ2v) is 9.12. The van der Waals surface area contributed by atoms with Gasteiger partial charge in [-0.3, -0.25) is 10.1 Å². The van der Waals surface area contributed by atoms with Gasteiger partial charge in [-0.05, 0) is 62.1 Å². The van der Waals surface area contributed by atoms with Crippen molar-refractivity contribution in [1.82, 2.24) is 15.2 Å². The second-order valence-electron chi connectivity index (χ2n) is 7.94. The lowest BCUT2D eigenvalue weighted by Crippen LogP contribution is -2.52. The van der Waals surface area contributed by atoms with E-state index in [4.69, 9.17) is 5.84 Å². The molecule has 1 amide bonds. The molecule has 3 unspecified atom stereocenters. The van der Waals surface area contributed by atoms with Crippen LogP contribution in [0, 0.1) is 0 Å². The molecule has 3 aliphatic rings. The molecule has 8 heteroatoms. The molecule has 1 aromatic heterocycles. The van der Waals surface area contributed by atoms with E-state index >= 15 is 0 Å². The lowest BCUT2D eigenvalue weighted by atomic mass is 9.82. The van der Waals surface area contributed by atoms with E-state index in [2.05, 4.69) is 46.1 Å². The van der Waals surface area contributed by atoms with Crippen LogP contribution in [0.2, 0.25) is 0 Å². The number of nitrogens with zero attached hydrogens (tertiary/aromatic N) is 3. The van der Waals surface area contributed by atoms with Crippen LogP contribution in [-0.4, -0.2) is 33.3 Å². The third-order valence-electron chi connectivity index (χ3n) is 5.90. The summed E-state index contributed by atoms with van der Waals surface area (Å²) < 4.78 is 2.00. The Hall–Kier alpha value is -2.58. The quantitative estimate of drug-likeness (QED) is 0.383. The Bertz CT molecular complexity index is 929. The number of nitrogens with two attached hydrogens (primary N) is 1. The third kappa shape index (κ3) is 4.44. The van der Waals surface area contributed by atoms with E-state index in [0.717, 1.165) is 42.7 Å². The van der Waals surface area contributed by atoms with Crippen molar-refractivity contribution < 1.29 is 4.79 Å². The fourth-order valence-corrected chi connectivity index (χ4v) is 5.41. The van der Waals surface area contributed by atoms with Gasteiger partial charge in [0.15, 0.2) is 5.50 Å². The first-order valence-corrected chi connectivity index (χ1v) is 11.3. The number of thioether (sulfide) groups is 1. The van der Waals surface area contributed by atoms with Crippen molar-refractivity contribution in [3.63, 3.8) is 0 Å². The van der Waals surface area contributed by atoms with Crippen molar-refractivity contribution in [3.05, 3.63) is 66.1 Å². The maximum Gasteiger partial charge on any atom is 0.249 e. The van der Waals surface area contributed by atoms with Crippen LogP contribution in [0.4, 0.5) is 0 Å². The molecule has 0 aromatic carbocycles. The van der Waals surface area contributed by atoms with Crippen molar-refractivity contribution in [3.8, 4) is 0 Å².